The Hall–Kier alpha value is -1.50. The lowest BCUT2D eigenvalue weighted by molar-refractivity contribution is -0.132. The molecule has 1 aliphatic carbocycles. The van der Waals surface area contributed by atoms with Gasteiger partial charge < -0.3 is 15.0 Å². The van der Waals surface area contributed by atoms with E-state index in [2.05, 4.69) is 15.1 Å². The number of hydrogen-bond acceptors (Lipinski definition) is 4. The van der Waals surface area contributed by atoms with E-state index < -0.39 is 0 Å². The van der Waals surface area contributed by atoms with Gasteiger partial charge in [-0.05, 0) is 38.3 Å². The third-order valence-corrected chi connectivity index (χ3v) is 7.56. The Balaban J connectivity index is 1.37. The zero-order valence-electron chi connectivity index (χ0n) is 18.8. The highest BCUT2D eigenvalue weighted by atomic mass is 19.1. The van der Waals surface area contributed by atoms with Crippen molar-refractivity contribution in [3.05, 3.63) is 35.6 Å². The normalized spacial score (nSPS) is 25.0. The fraction of sp³-hybridized carbons (Fsp3) is 0.720. The molecule has 0 bridgehead atoms. The van der Waals surface area contributed by atoms with Crippen molar-refractivity contribution >= 4 is 5.91 Å². The van der Waals surface area contributed by atoms with Gasteiger partial charge in [0.2, 0.25) is 5.91 Å². The molecule has 0 radical (unpaired) electrons. The fourth-order valence-electron chi connectivity index (χ4n) is 5.76. The van der Waals surface area contributed by atoms with E-state index in [1.807, 2.05) is 12.1 Å². The average Bonchev–Trinajstić information content (AvgIpc) is 2.99. The quantitative estimate of drug-likeness (QED) is 0.503. The standard InChI is InChI=1S/C25H38FN3O2/c26-23-8-4-3-7-21(23)19-27-14-11-22-9-10-24(30)29(22)20-25(12-5-1-2-6-13-25)28-15-17-31-18-16-28/h3-4,7-8,22,27H,1-2,5-6,9-20H2/t22-/m1/s1. The van der Waals surface area contributed by atoms with Crippen LogP contribution in [0.5, 0.6) is 0 Å². The molecule has 2 saturated heterocycles. The van der Waals surface area contributed by atoms with Gasteiger partial charge in [-0.25, -0.2) is 4.39 Å². The maximum absolute atomic E-state index is 13.8. The number of nitrogens with zero attached hydrogens (tertiary/aromatic N) is 2. The van der Waals surface area contributed by atoms with Crippen molar-refractivity contribution in [3.8, 4) is 0 Å². The molecule has 1 aromatic rings. The van der Waals surface area contributed by atoms with Gasteiger partial charge in [0.25, 0.3) is 0 Å². The molecule has 172 valence electrons. The Morgan fingerprint density at radius 1 is 1.10 bits per heavy atom. The van der Waals surface area contributed by atoms with Crippen LogP contribution >= 0.6 is 0 Å². The third-order valence-electron chi connectivity index (χ3n) is 7.56. The van der Waals surface area contributed by atoms with Gasteiger partial charge in [-0.2, -0.15) is 0 Å². The van der Waals surface area contributed by atoms with Gasteiger partial charge in [0.1, 0.15) is 5.82 Å². The number of amides is 1. The topological polar surface area (TPSA) is 44.8 Å². The third kappa shape index (κ3) is 5.65. The van der Waals surface area contributed by atoms with Crippen LogP contribution in [0.25, 0.3) is 0 Å². The van der Waals surface area contributed by atoms with Crippen LogP contribution < -0.4 is 5.32 Å². The van der Waals surface area contributed by atoms with Crippen molar-refractivity contribution in [3.63, 3.8) is 0 Å². The number of nitrogens with one attached hydrogen (secondary N) is 1. The molecule has 2 aliphatic heterocycles. The fourth-order valence-corrected chi connectivity index (χ4v) is 5.76. The van der Waals surface area contributed by atoms with Crippen LogP contribution in [0.3, 0.4) is 0 Å². The minimum absolute atomic E-state index is 0.110. The number of hydrogen-bond donors (Lipinski definition) is 1. The maximum atomic E-state index is 13.8. The highest BCUT2D eigenvalue weighted by Gasteiger charge is 2.43. The second kappa shape index (κ2) is 10.9. The molecule has 1 saturated carbocycles. The molecule has 1 amide bonds. The first-order chi connectivity index (χ1) is 15.2. The number of halogens is 1. The summed E-state index contributed by atoms with van der Waals surface area (Å²) in [4.78, 5) is 17.7. The van der Waals surface area contributed by atoms with Gasteiger partial charge >= 0.3 is 0 Å². The van der Waals surface area contributed by atoms with Gasteiger partial charge in [-0.15, -0.1) is 0 Å². The van der Waals surface area contributed by atoms with Crippen molar-refractivity contribution in [2.24, 2.45) is 0 Å². The van der Waals surface area contributed by atoms with Gasteiger partial charge in [0, 0.05) is 49.7 Å². The lowest BCUT2D eigenvalue weighted by atomic mass is 9.86. The Morgan fingerprint density at radius 2 is 1.84 bits per heavy atom. The Morgan fingerprint density at radius 3 is 2.58 bits per heavy atom. The summed E-state index contributed by atoms with van der Waals surface area (Å²) in [5.74, 6) is 0.157. The first kappa shape index (κ1) is 22.7. The van der Waals surface area contributed by atoms with Crippen LogP contribution in [0.4, 0.5) is 4.39 Å². The summed E-state index contributed by atoms with van der Waals surface area (Å²) in [6, 6.07) is 7.22. The van der Waals surface area contributed by atoms with Crippen molar-refractivity contribution in [1.82, 2.24) is 15.1 Å². The number of ether oxygens (including phenoxy) is 1. The monoisotopic (exact) mass is 431 g/mol. The second-order valence-corrected chi connectivity index (χ2v) is 9.51. The Labute approximate surface area is 186 Å². The molecule has 6 heteroatoms. The molecule has 3 aliphatic rings. The lowest BCUT2D eigenvalue weighted by Crippen LogP contribution is -2.59. The number of rotatable bonds is 8. The number of morpholine rings is 1. The molecular formula is C25H38FN3O2. The predicted molar refractivity (Wildman–Crippen MR) is 120 cm³/mol. The summed E-state index contributed by atoms with van der Waals surface area (Å²) >= 11 is 0. The summed E-state index contributed by atoms with van der Waals surface area (Å²) < 4.78 is 19.5. The second-order valence-electron chi connectivity index (χ2n) is 9.51. The zero-order valence-corrected chi connectivity index (χ0v) is 18.8. The minimum atomic E-state index is -0.159. The van der Waals surface area contributed by atoms with Crippen LogP contribution in [0.15, 0.2) is 24.3 Å². The van der Waals surface area contributed by atoms with E-state index in [-0.39, 0.29) is 11.4 Å². The number of likely N-dealkylation sites (tertiary alicyclic amines) is 1. The van der Waals surface area contributed by atoms with E-state index in [1.165, 1.54) is 44.6 Å². The molecule has 1 aromatic carbocycles. The highest BCUT2D eigenvalue weighted by molar-refractivity contribution is 5.78. The van der Waals surface area contributed by atoms with Crippen molar-refractivity contribution in [2.75, 3.05) is 39.4 Å². The van der Waals surface area contributed by atoms with Crippen LogP contribution in [-0.2, 0) is 16.1 Å². The molecule has 0 unspecified atom stereocenters. The summed E-state index contributed by atoms with van der Waals surface area (Å²) in [7, 11) is 0. The SMILES string of the molecule is O=C1CC[C@H](CCNCc2ccccc2F)N1CC1(N2CCOCC2)CCCCCC1. The van der Waals surface area contributed by atoms with Gasteiger partial charge in [0.05, 0.1) is 13.2 Å². The summed E-state index contributed by atoms with van der Waals surface area (Å²) in [5.41, 5.74) is 0.811. The number of carbonyl (C=O) groups is 1. The molecule has 1 atom stereocenters. The maximum Gasteiger partial charge on any atom is 0.222 e. The van der Waals surface area contributed by atoms with E-state index in [0.717, 1.165) is 52.2 Å². The van der Waals surface area contributed by atoms with Gasteiger partial charge in [-0.1, -0.05) is 43.9 Å². The number of carbonyl (C=O) groups excluding carboxylic acids is 1. The first-order valence-corrected chi connectivity index (χ1v) is 12.2. The largest absolute Gasteiger partial charge is 0.379 e. The molecule has 4 rings (SSSR count). The van der Waals surface area contributed by atoms with Crippen LogP contribution in [0.2, 0.25) is 0 Å². The first-order valence-electron chi connectivity index (χ1n) is 12.2. The van der Waals surface area contributed by atoms with E-state index >= 15 is 0 Å². The highest BCUT2D eigenvalue weighted by Crippen LogP contribution is 2.36. The van der Waals surface area contributed by atoms with Gasteiger partial charge in [-0.3, -0.25) is 9.69 Å². The van der Waals surface area contributed by atoms with E-state index in [4.69, 9.17) is 4.74 Å². The minimum Gasteiger partial charge on any atom is -0.379 e. The van der Waals surface area contributed by atoms with Crippen molar-refractivity contribution in [1.29, 1.82) is 0 Å². The summed E-state index contributed by atoms with van der Waals surface area (Å²) in [5, 5.41) is 3.39. The summed E-state index contributed by atoms with van der Waals surface area (Å²) in [6.45, 7) is 5.77. The Bertz CT molecular complexity index is 714. The van der Waals surface area contributed by atoms with E-state index in [0.29, 0.717) is 30.5 Å². The van der Waals surface area contributed by atoms with Crippen LogP contribution in [-0.4, -0.2) is 66.7 Å². The van der Waals surface area contributed by atoms with Crippen LogP contribution in [0.1, 0.15) is 63.4 Å². The van der Waals surface area contributed by atoms with E-state index in [1.54, 1.807) is 6.07 Å². The summed E-state index contributed by atoms with van der Waals surface area (Å²) in [6.07, 6.45) is 10.1. The predicted octanol–water partition coefficient (Wildman–Crippen LogP) is 3.72. The van der Waals surface area contributed by atoms with Crippen LogP contribution in [0, 0.1) is 5.82 Å². The molecular weight excluding hydrogens is 393 g/mol. The Kier molecular flexibility index (Phi) is 7.96. The molecule has 31 heavy (non-hydrogen) atoms. The van der Waals surface area contributed by atoms with Crippen molar-refractivity contribution < 1.29 is 13.9 Å². The average molecular weight is 432 g/mol. The molecule has 0 spiro atoms. The molecule has 3 fully saturated rings. The zero-order chi connectivity index (χ0) is 21.5. The molecule has 5 nitrogen and oxygen atoms in total. The molecule has 0 aromatic heterocycles. The van der Waals surface area contributed by atoms with E-state index in [9.17, 15) is 9.18 Å². The number of benzene rings is 1. The molecule has 2 heterocycles. The van der Waals surface area contributed by atoms with Crippen molar-refractivity contribution in [2.45, 2.75) is 75.9 Å². The molecule has 1 N–H and O–H groups in total. The van der Waals surface area contributed by atoms with Gasteiger partial charge in [0.15, 0.2) is 0 Å². The lowest BCUT2D eigenvalue weighted by Gasteiger charge is -2.48. The smallest absolute Gasteiger partial charge is 0.222 e.